The van der Waals surface area contributed by atoms with Gasteiger partial charge in [-0.25, -0.2) is 0 Å². The molecule has 56 valence electrons. The zero-order valence-corrected chi connectivity index (χ0v) is 6.54. The maximum Gasteiger partial charge on any atom is 0.0336 e. The van der Waals surface area contributed by atoms with Crippen LogP contribution in [-0.2, 0) is 0 Å². The summed E-state index contributed by atoms with van der Waals surface area (Å²) in [7, 11) is 0. The predicted molar refractivity (Wildman–Crippen MR) is 43.5 cm³/mol. The zero-order valence-electron chi connectivity index (χ0n) is 6.54. The average molecular weight is 138 g/mol. The van der Waals surface area contributed by atoms with Gasteiger partial charge >= 0.3 is 0 Å². The molecular formula is C8H14N2. The molecule has 1 aromatic heterocycles. The molecule has 0 spiro atoms. The first-order chi connectivity index (χ1) is 4.79. The monoisotopic (exact) mass is 138 g/mol. The minimum absolute atomic E-state index is 0.697. The normalized spacial score (nSPS) is 10.3. The van der Waals surface area contributed by atoms with Crippen molar-refractivity contribution in [3.05, 3.63) is 24.5 Å². The first kappa shape index (κ1) is 7.19. The summed E-state index contributed by atoms with van der Waals surface area (Å²) in [5, 5.41) is 0. The second kappa shape index (κ2) is 3.30. The average Bonchev–Trinajstić information content (AvgIpc) is 2.34. The van der Waals surface area contributed by atoms with Crippen LogP contribution in [0.2, 0.25) is 0 Å². The Kier molecular flexibility index (Phi) is 2.37. The molecule has 0 saturated carbocycles. The Morgan fingerprint density at radius 2 is 1.90 bits per heavy atom. The van der Waals surface area contributed by atoms with Gasteiger partial charge in [0.25, 0.3) is 0 Å². The van der Waals surface area contributed by atoms with E-state index in [4.69, 9.17) is 0 Å². The van der Waals surface area contributed by atoms with Gasteiger partial charge in [-0.2, -0.15) is 0 Å². The van der Waals surface area contributed by atoms with E-state index in [0.717, 1.165) is 6.54 Å². The summed E-state index contributed by atoms with van der Waals surface area (Å²) < 4.78 is 1.97. The molecule has 0 unspecified atom stereocenters. The molecule has 0 fully saturated rings. The van der Waals surface area contributed by atoms with Gasteiger partial charge in [0.05, 0.1) is 0 Å². The number of hydrogen-bond donors (Lipinski definition) is 1. The van der Waals surface area contributed by atoms with Crippen LogP contribution >= 0.6 is 0 Å². The van der Waals surface area contributed by atoms with Gasteiger partial charge in [0.15, 0.2) is 0 Å². The predicted octanol–water partition coefficient (Wildman–Crippen LogP) is 1.69. The minimum Gasteiger partial charge on any atom is -0.326 e. The number of nitrogens with zero attached hydrogens (tertiary/aromatic N) is 1. The lowest BCUT2D eigenvalue weighted by molar-refractivity contribution is 0.642. The molecule has 2 nitrogen and oxygen atoms in total. The van der Waals surface area contributed by atoms with Crippen molar-refractivity contribution >= 4 is 0 Å². The van der Waals surface area contributed by atoms with Crippen LogP contribution in [0.5, 0.6) is 0 Å². The lowest BCUT2D eigenvalue weighted by atomic mass is 10.2. The standard InChI is InChI=1S/C8H14N2/c1-8(2)7-9-10-5-3-4-6-10/h3-6,8-9H,7H2,1-2H3. The van der Waals surface area contributed by atoms with Crippen LogP contribution in [-0.4, -0.2) is 11.2 Å². The Labute approximate surface area is 61.8 Å². The van der Waals surface area contributed by atoms with E-state index in [1.54, 1.807) is 0 Å². The van der Waals surface area contributed by atoms with Crippen molar-refractivity contribution in [1.29, 1.82) is 0 Å². The van der Waals surface area contributed by atoms with E-state index in [9.17, 15) is 0 Å². The van der Waals surface area contributed by atoms with E-state index in [0.29, 0.717) is 5.92 Å². The van der Waals surface area contributed by atoms with Crippen molar-refractivity contribution in [2.75, 3.05) is 12.0 Å². The molecule has 0 amide bonds. The van der Waals surface area contributed by atoms with E-state index in [-0.39, 0.29) is 0 Å². The van der Waals surface area contributed by atoms with E-state index < -0.39 is 0 Å². The second-order valence-electron chi connectivity index (χ2n) is 2.85. The molecule has 0 radical (unpaired) electrons. The Hall–Kier alpha value is -0.920. The SMILES string of the molecule is CC(C)CNn1cccc1. The highest BCUT2D eigenvalue weighted by Gasteiger charge is 1.90. The summed E-state index contributed by atoms with van der Waals surface area (Å²) in [4.78, 5) is 0. The van der Waals surface area contributed by atoms with Crippen LogP contribution in [0, 0.1) is 5.92 Å². The van der Waals surface area contributed by atoms with Gasteiger partial charge in [-0.3, -0.25) is 4.68 Å². The van der Waals surface area contributed by atoms with Crippen molar-refractivity contribution in [1.82, 2.24) is 4.68 Å². The Bertz CT molecular complexity index is 165. The number of rotatable bonds is 3. The Balaban J connectivity index is 2.28. The van der Waals surface area contributed by atoms with Crippen molar-refractivity contribution in [2.45, 2.75) is 13.8 Å². The molecule has 1 N–H and O–H groups in total. The fourth-order valence-electron chi connectivity index (χ4n) is 0.728. The van der Waals surface area contributed by atoms with Gasteiger partial charge in [-0.15, -0.1) is 0 Å². The van der Waals surface area contributed by atoms with Crippen molar-refractivity contribution in [3.63, 3.8) is 0 Å². The second-order valence-corrected chi connectivity index (χ2v) is 2.85. The molecule has 2 heteroatoms. The van der Waals surface area contributed by atoms with Crippen LogP contribution in [0.25, 0.3) is 0 Å². The third-order valence-corrected chi connectivity index (χ3v) is 1.29. The first-order valence-corrected chi connectivity index (χ1v) is 3.66. The third-order valence-electron chi connectivity index (χ3n) is 1.29. The molecular weight excluding hydrogens is 124 g/mol. The van der Waals surface area contributed by atoms with Gasteiger partial charge in [-0.1, -0.05) is 13.8 Å². The van der Waals surface area contributed by atoms with E-state index in [2.05, 4.69) is 19.3 Å². The minimum atomic E-state index is 0.697. The van der Waals surface area contributed by atoms with Gasteiger partial charge < -0.3 is 5.43 Å². The number of aromatic nitrogens is 1. The van der Waals surface area contributed by atoms with Crippen LogP contribution in [0.15, 0.2) is 24.5 Å². The summed E-state index contributed by atoms with van der Waals surface area (Å²) in [6.07, 6.45) is 4.00. The number of nitrogens with one attached hydrogen (secondary N) is 1. The van der Waals surface area contributed by atoms with Crippen LogP contribution in [0.3, 0.4) is 0 Å². The van der Waals surface area contributed by atoms with Crippen molar-refractivity contribution in [3.8, 4) is 0 Å². The molecule has 1 heterocycles. The summed E-state index contributed by atoms with van der Waals surface area (Å²) in [5.74, 6) is 0.697. The van der Waals surface area contributed by atoms with Crippen LogP contribution in [0.1, 0.15) is 13.8 Å². The quantitative estimate of drug-likeness (QED) is 0.672. The van der Waals surface area contributed by atoms with E-state index in [1.807, 2.05) is 29.2 Å². The maximum atomic E-state index is 3.24. The number of hydrogen-bond acceptors (Lipinski definition) is 1. The lowest BCUT2D eigenvalue weighted by Gasteiger charge is -2.08. The fourth-order valence-corrected chi connectivity index (χ4v) is 0.728. The highest BCUT2D eigenvalue weighted by atomic mass is 15.4. The molecule has 1 aromatic rings. The smallest absolute Gasteiger partial charge is 0.0336 e. The fraction of sp³-hybridized carbons (Fsp3) is 0.500. The van der Waals surface area contributed by atoms with Gasteiger partial charge in [-0.05, 0) is 18.1 Å². The molecule has 0 atom stereocenters. The zero-order chi connectivity index (χ0) is 7.40. The summed E-state index contributed by atoms with van der Waals surface area (Å²) in [6, 6.07) is 4.01. The van der Waals surface area contributed by atoms with E-state index in [1.165, 1.54) is 0 Å². The molecule has 0 aliphatic carbocycles. The largest absolute Gasteiger partial charge is 0.326 e. The molecule has 0 bridgehead atoms. The summed E-state index contributed by atoms with van der Waals surface area (Å²) in [5.41, 5.74) is 3.24. The molecule has 0 saturated heterocycles. The molecule has 1 rings (SSSR count). The molecule has 10 heavy (non-hydrogen) atoms. The summed E-state index contributed by atoms with van der Waals surface area (Å²) >= 11 is 0. The Morgan fingerprint density at radius 1 is 1.30 bits per heavy atom. The highest BCUT2D eigenvalue weighted by molar-refractivity contribution is 4.93. The molecule has 0 aliphatic rings. The van der Waals surface area contributed by atoms with E-state index >= 15 is 0 Å². The third kappa shape index (κ3) is 2.13. The topological polar surface area (TPSA) is 17.0 Å². The first-order valence-electron chi connectivity index (χ1n) is 3.66. The van der Waals surface area contributed by atoms with Gasteiger partial charge in [0.2, 0.25) is 0 Å². The lowest BCUT2D eigenvalue weighted by Crippen LogP contribution is -2.17. The highest BCUT2D eigenvalue weighted by Crippen LogP contribution is 1.90. The maximum absolute atomic E-state index is 3.24. The Morgan fingerprint density at radius 3 is 2.40 bits per heavy atom. The van der Waals surface area contributed by atoms with Gasteiger partial charge in [0, 0.05) is 18.9 Å². The van der Waals surface area contributed by atoms with Gasteiger partial charge in [0.1, 0.15) is 0 Å². The molecule has 0 aromatic carbocycles. The van der Waals surface area contributed by atoms with Crippen LogP contribution in [0.4, 0.5) is 0 Å². The van der Waals surface area contributed by atoms with Crippen molar-refractivity contribution < 1.29 is 0 Å². The van der Waals surface area contributed by atoms with Crippen LogP contribution < -0.4 is 5.43 Å². The van der Waals surface area contributed by atoms with Crippen molar-refractivity contribution in [2.24, 2.45) is 5.92 Å². The summed E-state index contributed by atoms with van der Waals surface area (Å²) in [6.45, 7) is 5.40. The molecule has 0 aliphatic heterocycles.